The molecular weight excluding hydrogens is 208 g/mol. The van der Waals surface area contributed by atoms with E-state index in [0.29, 0.717) is 12.0 Å². The largest absolute Gasteiger partial charge is 0.326 e. The molecule has 92 valence electrons. The third-order valence-corrected chi connectivity index (χ3v) is 4.54. The van der Waals surface area contributed by atoms with Crippen LogP contribution in [0.15, 0.2) is 24.3 Å². The van der Waals surface area contributed by atoms with Gasteiger partial charge in [-0.2, -0.15) is 0 Å². The Balaban J connectivity index is 1.59. The lowest BCUT2D eigenvalue weighted by Crippen LogP contribution is -2.49. The molecule has 3 rings (SSSR count). The van der Waals surface area contributed by atoms with Crippen molar-refractivity contribution >= 4 is 0 Å². The van der Waals surface area contributed by atoms with Crippen LogP contribution in [0.3, 0.4) is 0 Å². The summed E-state index contributed by atoms with van der Waals surface area (Å²) < 4.78 is 0. The van der Waals surface area contributed by atoms with Gasteiger partial charge in [-0.15, -0.1) is 0 Å². The Morgan fingerprint density at radius 1 is 1.35 bits per heavy atom. The van der Waals surface area contributed by atoms with Crippen molar-refractivity contribution in [2.45, 2.75) is 31.7 Å². The van der Waals surface area contributed by atoms with Crippen LogP contribution >= 0.6 is 0 Å². The molecule has 0 saturated carbocycles. The van der Waals surface area contributed by atoms with E-state index in [-0.39, 0.29) is 0 Å². The Labute approximate surface area is 104 Å². The summed E-state index contributed by atoms with van der Waals surface area (Å²) in [5.74, 6) is 1.45. The highest BCUT2D eigenvalue weighted by atomic mass is 15.1. The summed E-state index contributed by atoms with van der Waals surface area (Å²) in [6.07, 6.45) is 2.52. The Bertz CT molecular complexity index is 402. The second-order valence-electron chi connectivity index (χ2n) is 5.79. The predicted octanol–water partition coefficient (Wildman–Crippen LogP) is 2.00. The second-order valence-corrected chi connectivity index (χ2v) is 5.79. The Morgan fingerprint density at radius 2 is 2.18 bits per heavy atom. The molecule has 3 atom stereocenters. The standard InChI is InChI=1S/C15H22N2/c1-11-6-7-17(10-15(11)16)9-13-8-12-4-2-3-5-14(12)13/h2-5,11,13,15H,6-10,16H2,1H3. The minimum absolute atomic E-state index is 0.374. The van der Waals surface area contributed by atoms with E-state index < -0.39 is 0 Å². The van der Waals surface area contributed by atoms with Gasteiger partial charge < -0.3 is 10.6 Å². The van der Waals surface area contributed by atoms with Gasteiger partial charge in [0.2, 0.25) is 0 Å². The van der Waals surface area contributed by atoms with Crippen LogP contribution in [0.2, 0.25) is 0 Å². The molecule has 1 heterocycles. The van der Waals surface area contributed by atoms with Crippen molar-refractivity contribution in [3.05, 3.63) is 35.4 Å². The molecule has 1 fully saturated rings. The fraction of sp³-hybridized carbons (Fsp3) is 0.600. The van der Waals surface area contributed by atoms with E-state index in [2.05, 4.69) is 36.1 Å². The van der Waals surface area contributed by atoms with Gasteiger partial charge >= 0.3 is 0 Å². The number of nitrogens with two attached hydrogens (primary N) is 1. The topological polar surface area (TPSA) is 29.3 Å². The Hall–Kier alpha value is -0.860. The molecule has 3 unspecified atom stereocenters. The first-order valence-corrected chi connectivity index (χ1v) is 6.80. The van der Waals surface area contributed by atoms with Gasteiger partial charge in [-0.1, -0.05) is 31.2 Å². The molecule has 1 aliphatic heterocycles. The van der Waals surface area contributed by atoms with Crippen molar-refractivity contribution in [2.75, 3.05) is 19.6 Å². The Kier molecular flexibility index (Phi) is 2.93. The molecule has 1 aromatic rings. The van der Waals surface area contributed by atoms with E-state index in [0.717, 1.165) is 12.5 Å². The summed E-state index contributed by atoms with van der Waals surface area (Å²) in [7, 11) is 0. The second kappa shape index (κ2) is 4.43. The van der Waals surface area contributed by atoms with Gasteiger partial charge in [0.25, 0.3) is 0 Å². The summed E-state index contributed by atoms with van der Waals surface area (Å²) in [6, 6.07) is 9.23. The molecule has 17 heavy (non-hydrogen) atoms. The number of fused-ring (bicyclic) bond motifs is 1. The molecule has 0 aromatic heterocycles. The molecule has 1 aromatic carbocycles. The summed E-state index contributed by atoms with van der Waals surface area (Å²) in [5, 5.41) is 0. The van der Waals surface area contributed by atoms with Crippen LogP contribution in [-0.4, -0.2) is 30.6 Å². The Morgan fingerprint density at radius 3 is 2.94 bits per heavy atom. The zero-order valence-corrected chi connectivity index (χ0v) is 10.6. The fourth-order valence-electron chi connectivity index (χ4n) is 3.17. The maximum absolute atomic E-state index is 6.16. The van der Waals surface area contributed by atoms with Crippen LogP contribution in [0.4, 0.5) is 0 Å². The number of likely N-dealkylation sites (tertiary alicyclic amines) is 1. The van der Waals surface area contributed by atoms with Crippen molar-refractivity contribution in [1.29, 1.82) is 0 Å². The number of piperidine rings is 1. The van der Waals surface area contributed by atoms with Crippen LogP contribution < -0.4 is 5.73 Å². The van der Waals surface area contributed by atoms with E-state index in [9.17, 15) is 0 Å². The molecular formula is C15H22N2. The molecule has 2 aliphatic rings. The minimum atomic E-state index is 0.374. The first-order chi connectivity index (χ1) is 8.24. The molecule has 2 heteroatoms. The summed E-state index contributed by atoms with van der Waals surface area (Å²) in [6.45, 7) is 5.80. The van der Waals surface area contributed by atoms with Crippen LogP contribution in [0.25, 0.3) is 0 Å². The van der Waals surface area contributed by atoms with Gasteiger partial charge in [-0.3, -0.25) is 0 Å². The molecule has 2 nitrogen and oxygen atoms in total. The normalized spacial score (nSPS) is 32.9. The molecule has 0 bridgehead atoms. The van der Waals surface area contributed by atoms with E-state index >= 15 is 0 Å². The van der Waals surface area contributed by atoms with E-state index in [1.165, 1.54) is 25.9 Å². The number of benzene rings is 1. The van der Waals surface area contributed by atoms with Crippen molar-refractivity contribution in [2.24, 2.45) is 11.7 Å². The van der Waals surface area contributed by atoms with Gasteiger partial charge in [0, 0.05) is 25.0 Å². The third kappa shape index (κ3) is 2.12. The summed E-state index contributed by atoms with van der Waals surface area (Å²) in [4.78, 5) is 2.56. The zero-order chi connectivity index (χ0) is 11.8. The third-order valence-electron chi connectivity index (χ3n) is 4.54. The molecule has 0 amide bonds. The molecule has 0 spiro atoms. The fourth-order valence-corrected chi connectivity index (χ4v) is 3.17. The first-order valence-electron chi connectivity index (χ1n) is 6.80. The average Bonchev–Trinajstić information content (AvgIpc) is 2.31. The zero-order valence-electron chi connectivity index (χ0n) is 10.6. The highest BCUT2D eigenvalue weighted by Gasteiger charge is 2.30. The first kappa shape index (κ1) is 11.2. The highest BCUT2D eigenvalue weighted by molar-refractivity contribution is 5.40. The number of hydrogen-bond acceptors (Lipinski definition) is 2. The van der Waals surface area contributed by atoms with E-state index in [4.69, 9.17) is 5.73 Å². The van der Waals surface area contributed by atoms with Gasteiger partial charge in [0.05, 0.1) is 0 Å². The predicted molar refractivity (Wildman–Crippen MR) is 71.1 cm³/mol. The lowest BCUT2D eigenvalue weighted by atomic mass is 9.77. The van der Waals surface area contributed by atoms with Crippen molar-refractivity contribution in [3.63, 3.8) is 0 Å². The molecule has 1 aliphatic carbocycles. The van der Waals surface area contributed by atoms with E-state index in [1.54, 1.807) is 11.1 Å². The lowest BCUT2D eigenvalue weighted by molar-refractivity contribution is 0.156. The smallest absolute Gasteiger partial charge is 0.0194 e. The number of rotatable bonds is 2. The van der Waals surface area contributed by atoms with Crippen molar-refractivity contribution in [3.8, 4) is 0 Å². The lowest BCUT2D eigenvalue weighted by Gasteiger charge is -2.40. The monoisotopic (exact) mass is 230 g/mol. The van der Waals surface area contributed by atoms with Gasteiger partial charge in [-0.05, 0) is 36.4 Å². The summed E-state index contributed by atoms with van der Waals surface area (Å²) >= 11 is 0. The van der Waals surface area contributed by atoms with Crippen LogP contribution in [0, 0.1) is 5.92 Å². The average molecular weight is 230 g/mol. The summed E-state index contributed by atoms with van der Waals surface area (Å²) in [5.41, 5.74) is 9.27. The van der Waals surface area contributed by atoms with Gasteiger partial charge in [0.1, 0.15) is 0 Å². The maximum atomic E-state index is 6.16. The number of nitrogens with zero attached hydrogens (tertiary/aromatic N) is 1. The van der Waals surface area contributed by atoms with Crippen LogP contribution in [-0.2, 0) is 6.42 Å². The SMILES string of the molecule is CC1CCN(CC2Cc3ccccc32)CC1N. The van der Waals surface area contributed by atoms with E-state index in [1.807, 2.05) is 0 Å². The molecule has 2 N–H and O–H groups in total. The van der Waals surface area contributed by atoms with Gasteiger partial charge in [-0.25, -0.2) is 0 Å². The van der Waals surface area contributed by atoms with Crippen LogP contribution in [0.5, 0.6) is 0 Å². The maximum Gasteiger partial charge on any atom is 0.0194 e. The van der Waals surface area contributed by atoms with Crippen molar-refractivity contribution in [1.82, 2.24) is 4.90 Å². The minimum Gasteiger partial charge on any atom is -0.326 e. The van der Waals surface area contributed by atoms with Crippen LogP contribution in [0.1, 0.15) is 30.4 Å². The molecule has 0 radical (unpaired) electrons. The van der Waals surface area contributed by atoms with Crippen molar-refractivity contribution < 1.29 is 0 Å². The van der Waals surface area contributed by atoms with Gasteiger partial charge in [0.15, 0.2) is 0 Å². The molecule has 1 saturated heterocycles. The highest BCUT2D eigenvalue weighted by Crippen LogP contribution is 2.35. The number of hydrogen-bond donors (Lipinski definition) is 1. The quantitative estimate of drug-likeness (QED) is 0.842.